The average Bonchev–Trinajstić information content (AvgIpc) is 2.40. The maximum absolute atomic E-state index is 9.87. The first-order chi connectivity index (χ1) is 9.60. The Morgan fingerprint density at radius 2 is 2.05 bits per heavy atom. The van der Waals surface area contributed by atoms with Crippen molar-refractivity contribution in [2.75, 3.05) is 26.2 Å². The molecule has 5 unspecified atom stereocenters. The number of aliphatic hydroxyl groups is 1. The van der Waals surface area contributed by atoms with Gasteiger partial charge in [-0.15, -0.1) is 0 Å². The molecule has 1 saturated heterocycles. The molecule has 1 saturated carbocycles. The van der Waals surface area contributed by atoms with Crippen molar-refractivity contribution in [1.29, 1.82) is 0 Å². The molecule has 0 radical (unpaired) electrons. The predicted molar refractivity (Wildman–Crippen MR) is 84.8 cm³/mol. The smallest absolute Gasteiger partial charge is 0.0667 e. The molecule has 0 bridgehead atoms. The van der Waals surface area contributed by atoms with Crippen molar-refractivity contribution >= 4 is 0 Å². The second-order valence-corrected chi connectivity index (χ2v) is 7.33. The third kappa shape index (κ3) is 4.44. The third-order valence-electron chi connectivity index (χ3n) is 5.28. The Labute approximate surface area is 125 Å². The highest BCUT2D eigenvalue weighted by Crippen LogP contribution is 2.34. The van der Waals surface area contributed by atoms with Gasteiger partial charge in [0.1, 0.15) is 0 Å². The predicted octanol–water partition coefficient (Wildman–Crippen LogP) is 2.49. The van der Waals surface area contributed by atoms with E-state index in [-0.39, 0.29) is 6.10 Å². The Hall–Kier alpha value is -0.120. The number of piperidine rings is 1. The van der Waals surface area contributed by atoms with Crippen LogP contribution in [0.2, 0.25) is 0 Å². The van der Waals surface area contributed by atoms with Gasteiger partial charge in [-0.2, -0.15) is 0 Å². The fourth-order valence-corrected chi connectivity index (χ4v) is 4.28. The maximum Gasteiger partial charge on any atom is 0.0667 e. The van der Waals surface area contributed by atoms with Crippen LogP contribution in [0.25, 0.3) is 0 Å². The second kappa shape index (κ2) is 7.77. The van der Waals surface area contributed by atoms with E-state index in [0.29, 0.717) is 6.04 Å². The van der Waals surface area contributed by atoms with Gasteiger partial charge >= 0.3 is 0 Å². The topological polar surface area (TPSA) is 35.5 Å². The van der Waals surface area contributed by atoms with E-state index >= 15 is 0 Å². The summed E-state index contributed by atoms with van der Waals surface area (Å²) < 4.78 is 0. The summed E-state index contributed by atoms with van der Waals surface area (Å²) in [5.41, 5.74) is 0. The van der Waals surface area contributed by atoms with Crippen LogP contribution in [0, 0.1) is 17.8 Å². The summed E-state index contributed by atoms with van der Waals surface area (Å²) in [5.74, 6) is 2.40. The van der Waals surface area contributed by atoms with Crippen molar-refractivity contribution in [2.24, 2.45) is 17.8 Å². The van der Waals surface area contributed by atoms with Crippen LogP contribution < -0.4 is 5.32 Å². The molecular weight excluding hydrogens is 248 g/mol. The first-order valence-electron chi connectivity index (χ1n) is 8.74. The zero-order chi connectivity index (χ0) is 14.5. The maximum atomic E-state index is 9.87. The summed E-state index contributed by atoms with van der Waals surface area (Å²) in [4.78, 5) is 2.51. The molecule has 1 aliphatic carbocycles. The van der Waals surface area contributed by atoms with Crippen molar-refractivity contribution in [1.82, 2.24) is 10.2 Å². The lowest BCUT2D eigenvalue weighted by Crippen LogP contribution is -2.51. The Bertz CT molecular complexity index is 284. The number of nitrogens with zero attached hydrogens (tertiary/aromatic N) is 1. The average molecular weight is 282 g/mol. The van der Waals surface area contributed by atoms with E-state index in [4.69, 9.17) is 0 Å². The molecule has 2 aliphatic rings. The highest BCUT2D eigenvalue weighted by atomic mass is 16.3. The van der Waals surface area contributed by atoms with Gasteiger partial charge in [-0.1, -0.05) is 20.8 Å². The summed E-state index contributed by atoms with van der Waals surface area (Å²) in [6, 6.07) is 0.674. The Morgan fingerprint density at radius 1 is 1.25 bits per heavy atom. The number of likely N-dealkylation sites (tertiary alicyclic amines) is 1. The van der Waals surface area contributed by atoms with Gasteiger partial charge in [-0.25, -0.2) is 0 Å². The van der Waals surface area contributed by atoms with E-state index in [1.165, 1.54) is 32.4 Å². The molecule has 3 heteroatoms. The number of aliphatic hydroxyl groups excluding tert-OH is 1. The van der Waals surface area contributed by atoms with Gasteiger partial charge in [0.25, 0.3) is 0 Å². The van der Waals surface area contributed by atoms with Crippen LogP contribution in [-0.2, 0) is 0 Å². The monoisotopic (exact) mass is 282 g/mol. The molecule has 2 rings (SSSR count). The van der Waals surface area contributed by atoms with Gasteiger partial charge in [-0.05, 0) is 62.9 Å². The fraction of sp³-hybridized carbons (Fsp3) is 1.00. The van der Waals surface area contributed by atoms with Crippen molar-refractivity contribution < 1.29 is 5.11 Å². The molecule has 0 aromatic carbocycles. The van der Waals surface area contributed by atoms with Gasteiger partial charge in [0, 0.05) is 19.1 Å². The van der Waals surface area contributed by atoms with E-state index in [1.54, 1.807) is 0 Å². The molecule has 2 N–H and O–H groups in total. The Balaban J connectivity index is 1.93. The van der Waals surface area contributed by atoms with Crippen LogP contribution in [0.15, 0.2) is 0 Å². The van der Waals surface area contributed by atoms with Gasteiger partial charge < -0.3 is 15.3 Å². The fourth-order valence-electron chi connectivity index (χ4n) is 4.28. The van der Waals surface area contributed by atoms with Crippen molar-refractivity contribution in [3.05, 3.63) is 0 Å². The molecule has 0 aromatic heterocycles. The largest absolute Gasteiger partial charge is 0.392 e. The van der Waals surface area contributed by atoms with E-state index < -0.39 is 0 Å². The summed E-state index contributed by atoms with van der Waals surface area (Å²) in [7, 11) is 0. The van der Waals surface area contributed by atoms with Gasteiger partial charge in [0.05, 0.1) is 6.10 Å². The van der Waals surface area contributed by atoms with E-state index in [2.05, 4.69) is 31.0 Å². The van der Waals surface area contributed by atoms with E-state index in [0.717, 1.165) is 43.7 Å². The van der Waals surface area contributed by atoms with Crippen LogP contribution in [0.5, 0.6) is 0 Å². The lowest BCUT2D eigenvalue weighted by atomic mass is 9.72. The lowest BCUT2D eigenvalue weighted by molar-refractivity contribution is 0.0376. The SMILES string of the molecule is CCCNC1CC(C)CC(C)C1CN1CCCC(O)C1. The standard InChI is InChI=1S/C17H34N2O/c1-4-7-18-17-10-13(2)9-14(3)16(17)12-19-8-5-6-15(20)11-19/h13-18,20H,4-12H2,1-3H3. The third-order valence-corrected chi connectivity index (χ3v) is 5.28. The van der Waals surface area contributed by atoms with Gasteiger partial charge in [-0.3, -0.25) is 0 Å². The van der Waals surface area contributed by atoms with Crippen molar-refractivity contribution in [3.8, 4) is 0 Å². The molecule has 2 fully saturated rings. The zero-order valence-electron chi connectivity index (χ0n) is 13.6. The number of hydrogen-bond acceptors (Lipinski definition) is 3. The molecule has 118 valence electrons. The summed E-state index contributed by atoms with van der Waals surface area (Å²) in [6.45, 7) is 11.5. The van der Waals surface area contributed by atoms with Gasteiger partial charge in [0.2, 0.25) is 0 Å². The quantitative estimate of drug-likeness (QED) is 0.813. The van der Waals surface area contributed by atoms with Crippen LogP contribution in [0.1, 0.15) is 52.9 Å². The normalized spacial score (nSPS) is 39.9. The summed E-state index contributed by atoms with van der Waals surface area (Å²) in [5, 5.41) is 13.7. The molecule has 1 aliphatic heterocycles. The van der Waals surface area contributed by atoms with E-state index in [9.17, 15) is 5.11 Å². The number of hydrogen-bond donors (Lipinski definition) is 2. The zero-order valence-corrected chi connectivity index (χ0v) is 13.6. The lowest BCUT2D eigenvalue weighted by Gasteiger charge is -2.43. The molecule has 0 spiro atoms. The molecule has 0 aromatic rings. The molecule has 1 heterocycles. The van der Waals surface area contributed by atoms with Crippen molar-refractivity contribution in [3.63, 3.8) is 0 Å². The minimum atomic E-state index is -0.0939. The van der Waals surface area contributed by atoms with Crippen LogP contribution in [0.3, 0.4) is 0 Å². The minimum Gasteiger partial charge on any atom is -0.392 e. The number of nitrogens with one attached hydrogen (secondary N) is 1. The molecular formula is C17H34N2O. The molecule has 20 heavy (non-hydrogen) atoms. The Morgan fingerprint density at radius 3 is 2.75 bits per heavy atom. The summed E-state index contributed by atoms with van der Waals surface area (Å²) in [6.07, 6.45) is 5.96. The first kappa shape index (κ1) is 16.3. The van der Waals surface area contributed by atoms with Crippen LogP contribution in [-0.4, -0.2) is 48.3 Å². The second-order valence-electron chi connectivity index (χ2n) is 7.33. The minimum absolute atomic E-state index is 0.0939. The molecule has 5 atom stereocenters. The van der Waals surface area contributed by atoms with Crippen LogP contribution >= 0.6 is 0 Å². The number of rotatable bonds is 5. The van der Waals surface area contributed by atoms with Crippen molar-refractivity contribution in [2.45, 2.75) is 65.0 Å². The van der Waals surface area contributed by atoms with Crippen LogP contribution in [0.4, 0.5) is 0 Å². The highest BCUT2D eigenvalue weighted by molar-refractivity contribution is 4.90. The summed E-state index contributed by atoms with van der Waals surface area (Å²) >= 11 is 0. The highest BCUT2D eigenvalue weighted by Gasteiger charge is 2.35. The first-order valence-corrected chi connectivity index (χ1v) is 8.74. The Kier molecular flexibility index (Phi) is 6.31. The molecule has 0 amide bonds. The molecule has 3 nitrogen and oxygen atoms in total. The van der Waals surface area contributed by atoms with Gasteiger partial charge in [0.15, 0.2) is 0 Å². The number of β-amino-alcohol motifs (C(OH)–C–C–N with tert-alkyl or cyclic N) is 1. The van der Waals surface area contributed by atoms with E-state index in [1.807, 2.05) is 0 Å².